The smallest absolute Gasteiger partial charge is 0.132 e. The second-order valence-corrected chi connectivity index (χ2v) is 4.79. The molecule has 2 rings (SSSR count). The summed E-state index contributed by atoms with van der Waals surface area (Å²) in [5.74, 6) is 0. The summed E-state index contributed by atoms with van der Waals surface area (Å²) in [7, 11) is 0. The minimum Gasteiger partial charge on any atom is -0.381 e. The van der Waals surface area contributed by atoms with Crippen LogP contribution in [-0.4, -0.2) is 10.1 Å². The summed E-state index contributed by atoms with van der Waals surface area (Å²) >= 11 is 7.45. The number of aliphatic hydroxyl groups is 1. The first-order valence-corrected chi connectivity index (χ1v) is 6.34. The first kappa shape index (κ1) is 11.6. The van der Waals surface area contributed by atoms with E-state index in [4.69, 9.17) is 11.6 Å². The van der Waals surface area contributed by atoms with Gasteiger partial charge in [-0.05, 0) is 29.5 Å². The van der Waals surface area contributed by atoms with Crippen molar-refractivity contribution in [2.45, 2.75) is 19.4 Å². The third-order valence-electron chi connectivity index (χ3n) is 2.46. The molecule has 0 saturated carbocycles. The number of hydrogen-bond donors (Lipinski definition) is 1. The van der Waals surface area contributed by atoms with E-state index in [0.29, 0.717) is 10.7 Å². The highest BCUT2D eigenvalue weighted by Gasteiger charge is 2.18. The van der Waals surface area contributed by atoms with Crippen LogP contribution in [0.1, 0.15) is 29.2 Å². The van der Waals surface area contributed by atoms with Crippen molar-refractivity contribution in [1.82, 2.24) is 4.98 Å². The number of rotatable bonds is 3. The van der Waals surface area contributed by atoms with Crippen LogP contribution in [0, 0.1) is 0 Å². The zero-order chi connectivity index (χ0) is 11.5. The molecule has 0 aromatic carbocycles. The van der Waals surface area contributed by atoms with E-state index in [0.717, 1.165) is 16.9 Å². The quantitative estimate of drug-likeness (QED) is 0.909. The summed E-state index contributed by atoms with van der Waals surface area (Å²) in [5, 5.41) is 12.7. The van der Waals surface area contributed by atoms with Gasteiger partial charge in [-0.2, -0.15) is 0 Å². The van der Waals surface area contributed by atoms with Crippen LogP contribution in [0.25, 0.3) is 0 Å². The Morgan fingerprint density at radius 3 is 2.94 bits per heavy atom. The zero-order valence-corrected chi connectivity index (χ0v) is 10.4. The molecule has 2 heterocycles. The summed E-state index contributed by atoms with van der Waals surface area (Å²) in [4.78, 5) is 5.00. The highest BCUT2D eigenvalue weighted by atomic mass is 35.5. The minimum atomic E-state index is -0.719. The van der Waals surface area contributed by atoms with E-state index in [1.165, 1.54) is 11.3 Å². The van der Waals surface area contributed by atoms with Crippen molar-refractivity contribution in [2.75, 3.05) is 0 Å². The topological polar surface area (TPSA) is 33.1 Å². The largest absolute Gasteiger partial charge is 0.381 e. The van der Waals surface area contributed by atoms with E-state index in [9.17, 15) is 5.11 Å². The number of aliphatic hydroxyl groups excluding tert-OH is 1. The van der Waals surface area contributed by atoms with Crippen LogP contribution in [0.15, 0.2) is 29.8 Å². The average Bonchev–Trinajstić information content (AvgIpc) is 2.74. The molecule has 0 amide bonds. The predicted molar refractivity (Wildman–Crippen MR) is 67.0 cm³/mol. The lowest BCUT2D eigenvalue weighted by Crippen LogP contribution is -2.04. The van der Waals surface area contributed by atoms with Crippen LogP contribution >= 0.6 is 22.9 Å². The molecule has 0 aliphatic carbocycles. The molecule has 2 aromatic heterocycles. The fourth-order valence-corrected chi connectivity index (χ4v) is 2.77. The second-order valence-electron chi connectivity index (χ2n) is 3.44. The molecule has 0 aliphatic heterocycles. The van der Waals surface area contributed by atoms with Gasteiger partial charge in [0.15, 0.2) is 0 Å². The summed E-state index contributed by atoms with van der Waals surface area (Å²) in [6.45, 7) is 2.04. The highest BCUT2D eigenvalue weighted by Crippen LogP contribution is 2.33. The lowest BCUT2D eigenvalue weighted by molar-refractivity contribution is 0.218. The molecule has 1 atom stereocenters. The first-order valence-electron chi connectivity index (χ1n) is 5.08. The molecule has 0 radical (unpaired) electrons. The van der Waals surface area contributed by atoms with Gasteiger partial charge < -0.3 is 5.11 Å². The molecule has 2 nitrogen and oxygen atoms in total. The Bertz CT molecular complexity index is 483. The molecule has 0 bridgehead atoms. The van der Waals surface area contributed by atoms with Crippen molar-refractivity contribution in [3.8, 4) is 0 Å². The Balaban J connectivity index is 2.41. The minimum absolute atomic E-state index is 0.602. The average molecular weight is 254 g/mol. The van der Waals surface area contributed by atoms with Gasteiger partial charge in [-0.1, -0.05) is 24.6 Å². The molecule has 2 aromatic rings. The number of halogens is 1. The Morgan fingerprint density at radius 1 is 1.50 bits per heavy atom. The van der Waals surface area contributed by atoms with Gasteiger partial charge in [-0.15, -0.1) is 11.3 Å². The molecule has 0 aliphatic rings. The lowest BCUT2D eigenvalue weighted by Gasteiger charge is -2.12. The molecule has 1 unspecified atom stereocenters. The Kier molecular flexibility index (Phi) is 3.59. The fourth-order valence-electron chi connectivity index (χ4n) is 1.62. The van der Waals surface area contributed by atoms with Gasteiger partial charge in [0.05, 0.1) is 15.6 Å². The first-order chi connectivity index (χ1) is 7.74. The predicted octanol–water partition coefficient (Wildman–Crippen LogP) is 3.44. The Hall–Kier alpha value is -0.900. The van der Waals surface area contributed by atoms with Gasteiger partial charge in [0.25, 0.3) is 0 Å². The van der Waals surface area contributed by atoms with Gasteiger partial charge in [0.2, 0.25) is 0 Å². The molecule has 0 spiro atoms. The van der Waals surface area contributed by atoms with Crippen molar-refractivity contribution in [1.29, 1.82) is 0 Å². The third kappa shape index (κ3) is 2.12. The van der Waals surface area contributed by atoms with E-state index < -0.39 is 6.10 Å². The zero-order valence-electron chi connectivity index (χ0n) is 8.85. The molecule has 0 saturated heterocycles. The number of aromatic nitrogens is 1. The highest BCUT2D eigenvalue weighted by molar-refractivity contribution is 7.10. The van der Waals surface area contributed by atoms with Crippen molar-refractivity contribution in [3.05, 3.63) is 50.9 Å². The summed E-state index contributed by atoms with van der Waals surface area (Å²) in [6, 6.07) is 5.65. The Morgan fingerprint density at radius 2 is 2.31 bits per heavy atom. The van der Waals surface area contributed by atoms with Crippen molar-refractivity contribution >= 4 is 22.9 Å². The monoisotopic (exact) mass is 253 g/mol. The Labute approximate surface area is 104 Å². The molecule has 84 valence electrons. The van der Waals surface area contributed by atoms with Crippen LogP contribution in [0.4, 0.5) is 0 Å². The van der Waals surface area contributed by atoms with Crippen molar-refractivity contribution in [3.63, 3.8) is 0 Å². The van der Waals surface area contributed by atoms with Crippen LogP contribution in [-0.2, 0) is 6.42 Å². The maximum atomic E-state index is 10.2. The molecular weight excluding hydrogens is 242 g/mol. The summed E-state index contributed by atoms with van der Waals surface area (Å²) in [5.41, 5.74) is 1.76. The van der Waals surface area contributed by atoms with Gasteiger partial charge in [0.1, 0.15) is 6.10 Å². The number of pyridine rings is 1. The van der Waals surface area contributed by atoms with E-state index in [1.54, 1.807) is 12.3 Å². The number of hydrogen-bond acceptors (Lipinski definition) is 3. The molecule has 0 fully saturated rings. The van der Waals surface area contributed by atoms with Crippen LogP contribution in [0.5, 0.6) is 0 Å². The molecule has 1 N–H and O–H groups in total. The third-order valence-corrected chi connectivity index (χ3v) is 3.87. The van der Waals surface area contributed by atoms with Crippen LogP contribution < -0.4 is 0 Å². The molecular formula is C12H12ClNOS. The van der Waals surface area contributed by atoms with E-state index in [-0.39, 0.29) is 0 Å². The van der Waals surface area contributed by atoms with Crippen LogP contribution in [0.2, 0.25) is 5.02 Å². The number of aryl methyl sites for hydroxylation is 1. The fraction of sp³-hybridized carbons (Fsp3) is 0.250. The van der Waals surface area contributed by atoms with E-state index in [1.807, 2.05) is 24.4 Å². The maximum absolute atomic E-state index is 10.2. The summed E-state index contributed by atoms with van der Waals surface area (Å²) in [6.07, 6.45) is 1.83. The van der Waals surface area contributed by atoms with Crippen molar-refractivity contribution < 1.29 is 5.11 Å². The molecule has 16 heavy (non-hydrogen) atoms. The summed E-state index contributed by atoms with van der Waals surface area (Å²) < 4.78 is 0. The number of nitrogens with zero attached hydrogens (tertiary/aromatic N) is 1. The van der Waals surface area contributed by atoms with E-state index >= 15 is 0 Å². The van der Waals surface area contributed by atoms with Gasteiger partial charge >= 0.3 is 0 Å². The molecule has 4 heteroatoms. The standard InChI is InChI=1S/C12H12ClNOS/c1-2-8-4-3-6-14-10(8)11(15)12-9(13)5-7-16-12/h3-7,11,15H,2H2,1H3. The maximum Gasteiger partial charge on any atom is 0.132 e. The van der Waals surface area contributed by atoms with Gasteiger partial charge in [0, 0.05) is 6.20 Å². The van der Waals surface area contributed by atoms with E-state index in [2.05, 4.69) is 4.98 Å². The lowest BCUT2D eigenvalue weighted by atomic mass is 10.1. The normalized spacial score (nSPS) is 12.7. The van der Waals surface area contributed by atoms with Crippen LogP contribution in [0.3, 0.4) is 0 Å². The number of thiophene rings is 1. The SMILES string of the molecule is CCc1cccnc1C(O)c1sccc1Cl. The van der Waals surface area contributed by atoms with Crippen molar-refractivity contribution in [2.24, 2.45) is 0 Å². The van der Waals surface area contributed by atoms with Gasteiger partial charge in [-0.3, -0.25) is 4.98 Å². The van der Waals surface area contributed by atoms with Gasteiger partial charge in [-0.25, -0.2) is 0 Å². The second kappa shape index (κ2) is 4.95.